The van der Waals surface area contributed by atoms with Crippen molar-refractivity contribution < 1.29 is 4.39 Å². The number of halogens is 1. The van der Waals surface area contributed by atoms with Crippen LogP contribution >= 0.6 is 11.8 Å². The van der Waals surface area contributed by atoms with E-state index in [2.05, 4.69) is 0 Å². The minimum absolute atomic E-state index is 0.127. The van der Waals surface area contributed by atoms with Crippen LogP contribution in [0.15, 0.2) is 23.1 Å². The van der Waals surface area contributed by atoms with Crippen LogP contribution < -0.4 is 5.73 Å². The molecule has 1 unspecified atom stereocenters. The molecule has 1 aromatic carbocycles. The molecule has 14 heavy (non-hydrogen) atoms. The van der Waals surface area contributed by atoms with Gasteiger partial charge in [0.1, 0.15) is 5.82 Å². The van der Waals surface area contributed by atoms with E-state index in [-0.39, 0.29) is 5.82 Å². The monoisotopic (exact) mass is 211 g/mol. The molecule has 1 heterocycles. The van der Waals surface area contributed by atoms with Gasteiger partial charge in [-0.1, -0.05) is 0 Å². The average molecular weight is 211 g/mol. The Morgan fingerprint density at radius 1 is 1.50 bits per heavy atom. The largest absolute Gasteiger partial charge is 0.330 e. The van der Waals surface area contributed by atoms with E-state index in [1.54, 1.807) is 6.07 Å². The lowest BCUT2D eigenvalue weighted by molar-refractivity contribution is 0.532. The van der Waals surface area contributed by atoms with Gasteiger partial charge in [-0.15, -0.1) is 11.8 Å². The molecule has 1 atom stereocenters. The van der Waals surface area contributed by atoms with Gasteiger partial charge in [0.15, 0.2) is 0 Å². The minimum atomic E-state index is -0.127. The van der Waals surface area contributed by atoms with Crippen molar-refractivity contribution in [3.05, 3.63) is 29.6 Å². The van der Waals surface area contributed by atoms with Crippen LogP contribution in [0, 0.1) is 11.7 Å². The van der Waals surface area contributed by atoms with E-state index in [1.807, 2.05) is 17.8 Å². The molecule has 0 radical (unpaired) electrons. The summed E-state index contributed by atoms with van der Waals surface area (Å²) in [6, 6.07) is 5.08. The number of nitrogens with two attached hydrogens (primary N) is 1. The van der Waals surface area contributed by atoms with Gasteiger partial charge in [-0.3, -0.25) is 0 Å². The summed E-state index contributed by atoms with van der Waals surface area (Å²) in [7, 11) is 0. The Balaban J connectivity index is 2.16. The fraction of sp³-hybridized carbons (Fsp3) is 0.455. The second kappa shape index (κ2) is 4.32. The van der Waals surface area contributed by atoms with E-state index in [4.69, 9.17) is 5.73 Å². The molecule has 0 saturated heterocycles. The molecule has 0 saturated carbocycles. The Hall–Kier alpha value is -0.540. The predicted molar refractivity (Wildman–Crippen MR) is 58.0 cm³/mol. The fourth-order valence-electron chi connectivity index (χ4n) is 1.85. The third-order valence-electron chi connectivity index (χ3n) is 2.58. The number of fused-ring (bicyclic) bond motifs is 1. The minimum Gasteiger partial charge on any atom is -0.330 e. The second-order valence-corrected chi connectivity index (χ2v) is 4.77. The molecule has 0 fully saturated rings. The predicted octanol–water partition coefficient (Wildman–Crippen LogP) is 2.44. The van der Waals surface area contributed by atoms with Gasteiger partial charge in [0.05, 0.1) is 0 Å². The van der Waals surface area contributed by atoms with E-state index in [9.17, 15) is 4.39 Å². The van der Waals surface area contributed by atoms with Crippen LogP contribution in [0.2, 0.25) is 0 Å². The third kappa shape index (κ3) is 2.10. The smallest absolute Gasteiger partial charge is 0.123 e. The molecular formula is C11H14FNS. The second-order valence-electron chi connectivity index (χ2n) is 3.71. The molecule has 2 N–H and O–H groups in total. The molecule has 1 aliphatic heterocycles. The quantitative estimate of drug-likeness (QED) is 0.813. The zero-order valence-electron chi connectivity index (χ0n) is 8.00. The highest BCUT2D eigenvalue weighted by Gasteiger charge is 2.18. The summed E-state index contributed by atoms with van der Waals surface area (Å²) < 4.78 is 13.0. The molecule has 1 nitrogen and oxygen atoms in total. The molecule has 76 valence electrons. The van der Waals surface area contributed by atoms with Crippen LogP contribution in [0.1, 0.15) is 12.0 Å². The topological polar surface area (TPSA) is 26.0 Å². The summed E-state index contributed by atoms with van der Waals surface area (Å²) in [5.41, 5.74) is 6.68. The Morgan fingerprint density at radius 3 is 3.14 bits per heavy atom. The van der Waals surface area contributed by atoms with Gasteiger partial charge in [0.2, 0.25) is 0 Å². The zero-order valence-corrected chi connectivity index (χ0v) is 8.82. The maximum atomic E-state index is 13.0. The van der Waals surface area contributed by atoms with Gasteiger partial charge in [-0.25, -0.2) is 4.39 Å². The van der Waals surface area contributed by atoms with E-state index in [0.717, 1.165) is 30.7 Å². The average Bonchev–Trinajstić information content (AvgIpc) is 2.17. The zero-order chi connectivity index (χ0) is 9.97. The molecule has 0 bridgehead atoms. The van der Waals surface area contributed by atoms with Crippen molar-refractivity contribution in [1.82, 2.24) is 0 Å². The van der Waals surface area contributed by atoms with Crippen molar-refractivity contribution in [3.63, 3.8) is 0 Å². The lowest BCUT2D eigenvalue weighted by Crippen LogP contribution is -2.17. The third-order valence-corrected chi connectivity index (χ3v) is 3.93. The molecular weight excluding hydrogens is 197 g/mol. The van der Waals surface area contributed by atoms with Crippen molar-refractivity contribution in [3.8, 4) is 0 Å². The SMILES string of the molecule is NCCC1CSc2ccc(F)cc2C1. The Bertz CT molecular complexity index is 327. The molecule has 2 rings (SSSR count). The van der Waals surface area contributed by atoms with E-state index >= 15 is 0 Å². The lowest BCUT2D eigenvalue weighted by Gasteiger charge is -2.23. The van der Waals surface area contributed by atoms with Crippen molar-refractivity contribution in [2.75, 3.05) is 12.3 Å². The van der Waals surface area contributed by atoms with Crippen molar-refractivity contribution >= 4 is 11.8 Å². The van der Waals surface area contributed by atoms with Gasteiger partial charge < -0.3 is 5.73 Å². The number of hydrogen-bond donors (Lipinski definition) is 1. The van der Waals surface area contributed by atoms with Crippen LogP contribution in [0.5, 0.6) is 0 Å². The summed E-state index contributed by atoms with van der Waals surface area (Å²) in [5.74, 6) is 1.62. The first-order valence-electron chi connectivity index (χ1n) is 4.91. The van der Waals surface area contributed by atoms with Gasteiger partial charge >= 0.3 is 0 Å². The lowest BCUT2D eigenvalue weighted by atomic mass is 9.97. The van der Waals surface area contributed by atoms with Crippen molar-refractivity contribution in [2.24, 2.45) is 11.7 Å². The maximum Gasteiger partial charge on any atom is 0.123 e. The first-order valence-corrected chi connectivity index (χ1v) is 5.89. The highest BCUT2D eigenvalue weighted by Crippen LogP contribution is 2.34. The first kappa shape index (κ1) is 9.99. The Labute approximate surface area is 87.9 Å². The van der Waals surface area contributed by atoms with Crippen LogP contribution in [0.3, 0.4) is 0 Å². The van der Waals surface area contributed by atoms with Gasteiger partial charge in [-0.05, 0) is 49.1 Å². The van der Waals surface area contributed by atoms with Crippen molar-refractivity contribution in [2.45, 2.75) is 17.7 Å². The van der Waals surface area contributed by atoms with Gasteiger partial charge in [0.25, 0.3) is 0 Å². The molecule has 0 aliphatic carbocycles. The molecule has 0 spiro atoms. The van der Waals surface area contributed by atoms with Gasteiger partial charge in [0, 0.05) is 10.6 Å². The van der Waals surface area contributed by atoms with E-state index in [0.29, 0.717) is 5.92 Å². The number of benzene rings is 1. The number of hydrogen-bond acceptors (Lipinski definition) is 2. The maximum absolute atomic E-state index is 13.0. The van der Waals surface area contributed by atoms with E-state index in [1.165, 1.54) is 11.0 Å². The molecule has 0 aromatic heterocycles. The molecule has 1 aromatic rings. The summed E-state index contributed by atoms with van der Waals surface area (Å²) in [5, 5.41) is 0. The van der Waals surface area contributed by atoms with Crippen LogP contribution in [0.25, 0.3) is 0 Å². The summed E-state index contributed by atoms with van der Waals surface area (Å²) in [6.45, 7) is 0.732. The van der Waals surface area contributed by atoms with Crippen LogP contribution in [0.4, 0.5) is 4.39 Å². The van der Waals surface area contributed by atoms with Gasteiger partial charge in [-0.2, -0.15) is 0 Å². The number of rotatable bonds is 2. The summed E-state index contributed by atoms with van der Waals surface area (Å²) >= 11 is 1.82. The fourth-order valence-corrected chi connectivity index (χ4v) is 3.04. The summed E-state index contributed by atoms with van der Waals surface area (Å²) in [6.07, 6.45) is 2.03. The van der Waals surface area contributed by atoms with Crippen LogP contribution in [-0.2, 0) is 6.42 Å². The molecule has 1 aliphatic rings. The summed E-state index contributed by atoms with van der Waals surface area (Å²) in [4.78, 5) is 1.24. The first-order chi connectivity index (χ1) is 6.79. The highest BCUT2D eigenvalue weighted by atomic mass is 32.2. The Morgan fingerprint density at radius 2 is 2.36 bits per heavy atom. The van der Waals surface area contributed by atoms with Crippen molar-refractivity contribution in [1.29, 1.82) is 0 Å². The number of thioether (sulfide) groups is 1. The standard InChI is InChI=1S/C11H14FNS/c12-10-1-2-11-9(6-10)5-8(3-4-13)7-14-11/h1-2,6,8H,3-5,7,13H2. The van der Waals surface area contributed by atoms with E-state index < -0.39 is 0 Å². The Kier molecular flexibility index (Phi) is 3.08. The normalized spacial score (nSPS) is 20.6. The molecule has 3 heteroatoms. The van der Waals surface area contributed by atoms with Crippen LogP contribution in [-0.4, -0.2) is 12.3 Å². The highest BCUT2D eigenvalue weighted by molar-refractivity contribution is 7.99. The molecule has 0 amide bonds.